The van der Waals surface area contributed by atoms with Gasteiger partial charge >= 0.3 is 0 Å². The van der Waals surface area contributed by atoms with Gasteiger partial charge in [0.1, 0.15) is 5.75 Å². The zero-order chi connectivity index (χ0) is 18.3. The Balaban J connectivity index is 2.15. The fourth-order valence-corrected chi connectivity index (χ4v) is 3.66. The number of hydrogen-bond donors (Lipinski definition) is 0. The lowest BCUT2D eigenvalue weighted by Gasteiger charge is -2.19. The molecule has 0 spiro atoms. The first-order valence-electron chi connectivity index (χ1n) is 7.95. The van der Waals surface area contributed by atoms with Crippen molar-refractivity contribution in [3.63, 3.8) is 0 Å². The number of ether oxygens (including phenoxy) is 1. The average Bonchev–Trinajstić information content (AvgIpc) is 2.62. The van der Waals surface area contributed by atoms with Gasteiger partial charge in [-0.3, -0.25) is 0 Å². The maximum atomic E-state index is 12.8. The summed E-state index contributed by atoms with van der Waals surface area (Å²) in [5, 5.41) is 0. The lowest BCUT2D eigenvalue weighted by molar-refractivity contribution is 0.415. The molecule has 0 aliphatic heterocycles. The van der Waals surface area contributed by atoms with Gasteiger partial charge in [-0.05, 0) is 36.8 Å². The minimum Gasteiger partial charge on any atom is -0.497 e. The Morgan fingerprint density at radius 1 is 1.04 bits per heavy atom. The number of rotatable bonds is 8. The summed E-state index contributed by atoms with van der Waals surface area (Å²) in [5.41, 5.74) is 2.00. The first-order valence-corrected chi connectivity index (χ1v) is 9.39. The Morgan fingerprint density at radius 3 is 2.24 bits per heavy atom. The van der Waals surface area contributed by atoms with Crippen molar-refractivity contribution >= 4 is 16.1 Å². The van der Waals surface area contributed by atoms with E-state index in [1.807, 2.05) is 43.3 Å². The van der Waals surface area contributed by atoms with Crippen LogP contribution in [0.1, 0.15) is 11.1 Å². The molecule has 2 rings (SSSR count). The molecule has 5 heteroatoms. The Morgan fingerprint density at radius 2 is 1.68 bits per heavy atom. The fraction of sp³-hybridized carbons (Fsp3) is 0.200. The van der Waals surface area contributed by atoms with Crippen LogP contribution in [0.4, 0.5) is 0 Å². The zero-order valence-corrected chi connectivity index (χ0v) is 15.4. The second-order valence-corrected chi connectivity index (χ2v) is 7.54. The Bertz CT molecular complexity index is 822. The maximum Gasteiger partial charge on any atom is 0.243 e. The van der Waals surface area contributed by atoms with Gasteiger partial charge in [0.15, 0.2) is 0 Å². The van der Waals surface area contributed by atoms with Crippen LogP contribution in [0.5, 0.6) is 5.75 Å². The van der Waals surface area contributed by atoms with Gasteiger partial charge in [-0.25, -0.2) is 8.42 Å². The number of methoxy groups -OCH3 is 1. The van der Waals surface area contributed by atoms with E-state index in [2.05, 4.69) is 6.58 Å². The molecule has 0 atom stereocenters. The number of aryl methyl sites for hydroxylation is 1. The molecular formula is C20H23NO3S. The second kappa shape index (κ2) is 8.65. The highest BCUT2D eigenvalue weighted by molar-refractivity contribution is 7.89. The van der Waals surface area contributed by atoms with Gasteiger partial charge in [0, 0.05) is 13.1 Å². The standard InChI is InChI=1S/C20H23NO3S/c1-4-15-21(25(22,23)20-13-7-17(2)8-14-20)16-5-6-18-9-11-19(24-3)12-10-18/h4-14H,1,15-16H2,2-3H3/b6-5-. The predicted molar refractivity (Wildman–Crippen MR) is 102 cm³/mol. The molecular weight excluding hydrogens is 334 g/mol. The molecule has 132 valence electrons. The molecule has 0 bridgehead atoms. The van der Waals surface area contributed by atoms with Crippen LogP contribution in [-0.4, -0.2) is 32.9 Å². The number of benzene rings is 2. The topological polar surface area (TPSA) is 46.6 Å². The van der Waals surface area contributed by atoms with Crippen molar-refractivity contribution in [3.8, 4) is 5.75 Å². The highest BCUT2D eigenvalue weighted by Gasteiger charge is 2.22. The minimum absolute atomic E-state index is 0.253. The molecule has 25 heavy (non-hydrogen) atoms. The molecule has 0 amide bonds. The van der Waals surface area contributed by atoms with E-state index in [-0.39, 0.29) is 18.0 Å². The van der Waals surface area contributed by atoms with E-state index in [9.17, 15) is 8.42 Å². The van der Waals surface area contributed by atoms with Crippen molar-refractivity contribution in [2.45, 2.75) is 11.8 Å². The van der Waals surface area contributed by atoms with E-state index in [4.69, 9.17) is 4.74 Å². The molecule has 2 aromatic carbocycles. The smallest absolute Gasteiger partial charge is 0.243 e. The van der Waals surface area contributed by atoms with Crippen molar-refractivity contribution in [2.24, 2.45) is 0 Å². The highest BCUT2D eigenvalue weighted by atomic mass is 32.2. The van der Waals surface area contributed by atoms with Crippen LogP contribution in [0.3, 0.4) is 0 Å². The summed E-state index contributed by atoms with van der Waals surface area (Å²) in [6, 6.07) is 14.4. The number of nitrogens with zero attached hydrogens (tertiary/aromatic N) is 1. The van der Waals surface area contributed by atoms with Crippen LogP contribution in [-0.2, 0) is 10.0 Å². The van der Waals surface area contributed by atoms with Crippen LogP contribution in [0, 0.1) is 6.92 Å². The molecule has 2 aromatic rings. The number of hydrogen-bond acceptors (Lipinski definition) is 3. The summed E-state index contributed by atoms with van der Waals surface area (Å²) in [6.07, 6.45) is 5.31. The van der Waals surface area contributed by atoms with E-state index in [0.717, 1.165) is 16.9 Å². The maximum absolute atomic E-state index is 12.8. The van der Waals surface area contributed by atoms with Gasteiger partial charge < -0.3 is 4.74 Å². The third kappa shape index (κ3) is 5.05. The third-order valence-electron chi connectivity index (χ3n) is 3.73. The molecule has 0 radical (unpaired) electrons. The van der Waals surface area contributed by atoms with Crippen molar-refractivity contribution in [1.29, 1.82) is 0 Å². The summed E-state index contributed by atoms with van der Waals surface area (Å²) in [7, 11) is -1.94. The quantitative estimate of drug-likeness (QED) is 0.673. The summed E-state index contributed by atoms with van der Waals surface area (Å²) in [6.45, 7) is 6.11. The normalized spacial score (nSPS) is 11.8. The molecule has 0 fully saturated rings. The second-order valence-electron chi connectivity index (χ2n) is 5.60. The summed E-state index contributed by atoms with van der Waals surface area (Å²) >= 11 is 0. The van der Waals surface area contributed by atoms with Gasteiger partial charge in [-0.15, -0.1) is 6.58 Å². The molecule has 0 heterocycles. The van der Waals surface area contributed by atoms with E-state index in [1.165, 1.54) is 4.31 Å². The van der Waals surface area contributed by atoms with Gasteiger partial charge in [0.2, 0.25) is 10.0 Å². The Hall–Kier alpha value is -2.37. The van der Waals surface area contributed by atoms with Crippen LogP contribution in [0.2, 0.25) is 0 Å². The van der Waals surface area contributed by atoms with Crippen molar-refractivity contribution in [1.82, 2.24) is 4.31 Å². The van der Waals surface area contributed by atoms with E-state index in [1.54, 1.807) is 37.5 Å². The first-order chi connectivity index (χ1) is 12.0. The number of sulfonamides is 1. The molecule has 4 nitrogen and oxygen atoms in total. The van der Waals surface area contributed by atoms with E-state index in [0.29, 0.717) is 0 Å². The van der Waals surface area contributed by atoms with E-state index < -0.39 is 10.0 Å². The van der Waals surface area contributed by atoms with Crippen molar-refractivity contribution < 1.29 is 13.2 Å². The SMILES string of the molecule is C=CCN(C/C=C\c1ccc(OC)cc1)S(=O)(=O)c1ccc(C)cc1. The van der Waals surface area contributed by atoms with Gasteiger partial charge in [0.25, 0.3) is 0 Å². The molecule has 0 saturated carbocycles. The average molecular weight is 357 g/mol. The predicted octanol–water partition coefficient (Wildman–Crippen LogP) is 3.89. The summed E-state index contributed by atoms with van der Waals surface area (Å²) < 4.78 is 32.1. The van der Waals surface area contributed by atoms with Crippen LogP contribution in [0.15, 0.2) is 72.2 Å². The van der Waals surface area contributed by atoms with Crippen LogP contribution >= 0.6 is 0 Å². The molecule has 0 N–H and O–H groups in total. The minimum atomic E-state index is -3.55. The lowest BCUT2D eigenvalue weighted by atomic mass is 10.2. The summed E-state index contributed by atoms with van der Waals surface area (Å²) in [4.78, 5) is 0.290. The monoisotopic (exact) mass is 357 g/mol. The van der Waals surface area contributed by atoms with Gasteiger partial charge in [-0.2, -0.15) is 4.31 Å². The van der Waals surface area contributed by atoms with Gasteiger partial charge in [0.05, 0.1) is 12.0 Å². The first kappa shape index (κ1) is 19.0. The van der Waals surface area contributed by atoms with E-state index >= 15 is 0 Å². The molecule has 0 unspecified atom stereocenters. The fourth-order valence-electron chi connectivity index (χ4n) is 2.30. The zero-order valence-electron chi connectivity index (χ0n) is 14.6. The molecule has 0 aromatic heterocycles. The Labute approximate surface area is 150 Å². The van der Waals surface area contributed by atoms with Crippen LogP contribution in [0.25, 0.3) is 6.08 Å². The van der Waals surface area contributed by atoms with Gasteiger partial charge in [-0.1, -0.05) is 48.1 Å². The van der Waals surface area contributed by atoms with Crippen molar-refractivity contribution in [2.75, 3.05) is 20.2 Å². The van der Waals surface area contributed by atoms with Crippen LogP contribution < -0.4 is 4.74 Å². The summed E-state index contributed by atoms with van der Waals surface area (Å²) in [5.74, 6) is 0.785. The highest BCUT2D eigenvalue weighted by Crippen LogP contribution is 2.17. The van der Waals surface area contributed by atoms with Crippen molar-refractivity contribution in [3.05, 3.63) is 78.4 Å². The largest absolute Gasteiger partial charge is 0.497 e. The molecule has 0 aliphatic rings. The molecule has 0 saturated heterocycles. The molecule has 0 aliphatic carbocycles. The Kier molecular flexibility index (Phi) is 6.56. The third-order valence-corrected chi connectivity index (χ3v) is 5.57. The lowest BCUT2D eigenvalue weighted by Crippen LogP contribution is -2.31.